The van der Waals surface area contributed by atoms with E-state index >= 15 is 0 Å². The van der Waals surface area contributed by atoms with Gasteiger partial charge in [-0.25, -0.2) is 0 Å². The highest BCUT2D eigenvalue weighted by Crippen LogP contribution is 2.29. The number of halogens is 1. The number of anilines is 1. The van der Waals surface area contributed by atoms with Crippen LogP contribution in [0.4, 0.5) is 5.69 Å². The smallest absolute Gasteiger partial charge is 0.0476 e. The van der Waals surface area contributed by atoms with Gasteiger partial charge in [0.15, 0.2) is 0 Å². The summed E-state index contributed by atoms with van der Waals surface area (Å²) in [6, 6.07) is 5.99. The van der Waals surface area contributed by atoms with Gasteiger partial charge in [-0.1, -0.05) is 17.7 Å². The molecule has 0 saturated carbocycles. The van der Waals surface area contributed by atoms with Crippen LogP contribution in [-0.2, 0) is 0 Å². The van der Waals surface area contributed by atoms with Crippen molar-refractivity contribution in [2.75, 3.05) is 24.6 Å². The zero-order valence-electron chi connectivity index (χ0n) is 10.1. The lowest BCUT2D eigenvalue weighted by Gasteiger charge is -2.20. The topological polar surface area (TPSA) is 49.5 Å². The fourth-order valence-corrected chi connectivity index (χ4v) is 2.65. The molecular weight excluding hydrogens is 236 g/mol. The Labute approximate surface area is 107 Å². The fraction of sp³-hybridized carbons (Fsp3) is 0.538. The van der Waals surface area contributed by atoms with Crippen LogP contribution in [0.2, 0.25) is 5.02 Å². The summed E-state index contributed by atoms with van der Waals surface area (Å²) in [6.45, 7) is 4.09. The van der Waals surface area contributed by atoms with Gasteiger partial charge in [-0.3, -0.25) is 0 Å². The van der Waals surface area contributed by atoms with Crippen LogP contribution in [0.15, 0.2) is 18.2 Å². The average molecular weight is 255 g/mol. The molecule has 2 atom stereocenters. The fourth-order valence-electron chi connectivity index (χ4n) is 2.30. The van der Waals surface area contributed by atoms with E-state index in [1.807, 2.05) is 19.1 Å². The number of rotatable bonds is 3. The molecule has 3 nitrogen and oxygen atoms in total. The Kier molecular flexibility index (Phi) is 3.92. The van der Waals surface area contributed by atoms with Crippen molar-refractivity contribution in [1.29, 1.82) is 0 Å². The van der Waals surface area contributed by atoms with E-state index < -0.39 is 0 Å². The summed E-state index contributed by atoms with van der Waals surface area (Å²) in [6.07, 6.45) is 1.04. The highest BCUT2D eigenvalue weighted by atomic mass is 35.5. The molecule has 3 N–H and O–H groups in total. The van der Waals surface area contributed by atoms with Gasteiger partial charge >= 0.3 is 0 Å². The molecule has 1 aliphatic heterocycles. The normalized spacial score (nSPS) is 21.9. The average Bonchev–Trinajstić information content (AvgIpc) is 2.76. The van der Waals surface area contributed by atoms with Crippen molar-refractivity contribution in [3.63, 3.8) is 0 Å². The number of hydrogen-bond acceptors (Lipinski definition) is 3. The van der Waals surface area contributed by atoms with E-state index in [2.05, 4.69) is 11.0 Å². The van der Waals surface area contributed by atoms with Gasteiger partial charge in [-0.2, -0.15) is 0 Å². The highest BCUT2D eigenvalue weighted by Gasteiger charge is 2.22. The van der Waals surface area contributed by atoms with Crippen LogP contribution in [-0.4, -0.2) is 24.8 Å². The Morgan fingerprint density at radius 2 is 2.35 bits per heavy atom. The maximum Gasteiger partial charge on any atom is 0.0476 e. The Bertz CT molecular complexity index is 395. The maximum atomic E-state index is 9.13. The van der Waals surface area contributed by atoms with E-state index in [0.29, 0.717) is 5.92 Å². The van der Waals surface area contributed by atoms with Gasteiger partial charge in [0.05, 0.1) is 0 Å². The minimum absolute atomic E-state index is 0.0414. The quantitative estimate of drug-likeness (QED) is 0.869. The monoisotopic (exact) mass is 254 g/mol. The van der Waals surface area contributed by atoms with Crippen LogP contribution < -0.4 is 10.6 Å². The first-order valence-corrected chi connectivity index (χ1v) is 6.40. The molecule has 1 aromatic carbocycles. The summed E-state index contributed by atoms with van der Waals surface area (Å²) < 4.78 is 0. The van der Waals surface area contributed by atoms with E-state index in [1.54, 1.807) is 0 Å². The van der Waals surface area contributed by atoms with Crippen LogP contribution >= 0.6 is 11.6 Å². The van der Waals surface area contributed by atoms with Crippen molar-refractivity contribution in [2.24, 2.45) is 11.7 Å². The lowest BCUT2D eigenvalue weighted by molar-refractivity contribution is 0.238. The zero-order chi connectivity index (χ0) is 12.4. The number of nitrogens with two attached hydrogens (primary N) is 1. The second-order valence-electron chi connectivity index (χ2n) is 4.78. The van der Waals surface area contributed by atoms with Gasteiger partial charge in [-0.15, -0.1) is 0 Å². The third kappa shape index (κ3) is 2.73. The van der Waals surface area contributed by atoms with Crippen molar-refractivity contribution < 1.29 is 5.11 Å². The molecule has 0 amide bonds. The minimum atomic E-state index is -0.0414. The molecule has 0 spiro atoms. The molecule has 17 heavy (non-hydrogen) atoms. The van der Waals surface area contributed by atoms with E-state index in [9.17, 15) is 0 Å². The van der Waals surface area contributed by atoms with Crippen molar-refractivity contribution in [3.8, 4) is 0 Å². The van der Waals surface area contributed by atoms with Gasteiger partial charge in [0, 0.05) is 42.4 Å². The lowest BCUT2D eigenvalue weighted by Crippen LogP contribution is -2.20. The molecule has 1 fully saturated rings. The number of hydrogen-bond donors (Lipinski definition) is 2. The maximum absolute atomic E-state index is 9.13. The molecule has 0 aromatic heterocycles. The molecule has 94 valence electrons. The lowest BCUT2D eigenvalue weighted by atomic mass is 10.1. The Morgan fingerprint density at radius 3 is 2.88 bits per heavy atom. The molecule has 2 rings (SSSR count). The number of nitrogens with zero attached hydrogens (tertiary/aromatic N) is 1. The number of benzene rings is 1. The Morgan fingerprint density at radius 1 is 1.59 bits per heavy atom. The van der Waals surface area contributed by atoms with E-state index in [1.165, 1.54) is 0 Å². The number of aliphatic hydroxyl groups is 1. The standard InChI is InChI=1S/C13H19ClN2O/c1-9(15)12-3-2-11(6-13(12)14)16-5-4-10(7-16)8-17/h2-3,6,9-10,17H,4-5,7-8,15H2,1H3. The van der Waals surface area contributed by atoms with Crippen LogP contribution in [0.1, 0.15) is 24.9 Å². The van der Waals surface area contributed by atoms with Gasteiger partial charge in [-0.05, 0) is 31.0 Å². The molecule has 2 unspecified atom stereocenters. The molecular formula is C13H19ClN2O. The molecule has 1 aromatic rings. The van der Waals surface area contributed by atoms with Crippen LogP contribution in [0.5, 0.6) is 0 Å². The third-order valence-corrected chi connectivity index (χ3v) is 3.71. The van der Waals surface area contributed by atoms with Crippen molar-refractivity contribution >= 4 is 17.3 Å². The zero-order valence-corrected chi connectivity index (χ0v) is 10.8. The van der Waals surface area contributed by atoms with Crippen molar-refractivity contribution in [3.05, 3.63) is 28.8 Å². The van der Waals surface area contributed by atoms with Crippen molar-refractivity contribution in [1.82, 2.24) is 0 Å². The summed E-state index contributed by atoms with van der Waals surface area (Å²) in [7, 11) is 0. The minimum Gasteiger partial charge on any atom is -0.396 e. The Hall–Kier alpha value is -0.770. The third-order valence-electron chi connectivity index (χ3n) is 3.38. The summed E-state index contributed by atoms with van der Waals surface area (Å²) in [5.41, 5.74) is 7.93. The Balaban J connectivity index is 2.15. The SMILES string of the molecule is CC(N)c1ccc(N2CCC(CO)C2)cc1Cl. The molecule has 0 bridgehead atoms. The number of aliphatic hydroxyl groups excluding tert-OH is 1. The van der Waals surface area contributed by atoms with Crippen LogP contribution in [0, 0.1) is 5.92 Å². The first-order chi connectivity index (χ1) is 8.11. The second kappa shape index (κ2) is 5.25. The highest BCUT2D eigenvalue weighted by molar-refractivity contribution is 6.31. The van der Waals surface area contributed by atoms with Gasteiger partial charge in [0.25, 0.3) is 0 Å². The van der Waals surface area contributed by atoms with Crippen molar-refractivity contribution in [2.45, 2.75) is 19.4 Å². The molecule has 0 aliphatic carbocycles. The van der Waals surface area contributed by atoms with Gasteiger partial charge < -0.3 is 15.7 Å². The molecule has 1 heterocycles. The predicted molar refractivity (Wildman–Crippen MR) is 71.5 cm³/mol. The summed E-state index contributed by atoms with van der Waals surface area (Å²) in [4.78, 5) is 2.26. The molecule has 1 saturated heterocycles. The van der Waals surface area contributed by atoms with Crippen LogP contribution in [0.25, 0.3) is 0 Å². The summed E-state index contributed by atoms with van der Waals surface area (Å²) in [5.74, 6) is 0.391. The summed E-state index contributed by atoms with van der Waals surface area (Å²) >= 11 is 6.22. The van der Waals surface area contributed by atoms with E-state index in [4.69, 9.17) is 22.4 Å². The second-order valence-corrected chi connectivity index (χ2v) is 5.18. The molecule has 0 radical (unpaired) electrons. The first kappa shape index (κ1) is 12.7. The predicted octanol–water partition coefficient (Wildman–Crippen LogP) is 2.18. The summed E-state index contributed by atoms with van der Waals surface area (Å²) in [5, 5.41) is 9.86. The van der Waals surface area contributed by atoms with E-state index in [0.717, 1.165) is 35.8 Å². The molecule has 4 heteroatoms. The van der Waals surface area contributed by atoms with E-state index in [-0.39, 0.29) is 12.6 Å². The van der Waals surface area contributed by atoms with Gasteiger partial charge in [0.1, 0.15) is 0 Å². The van der Waals surface area contributed by atoms with Crippen LogP contribution in [0.3, 0.4) is 0 Å². The molecule has 1 aliphatic rings. The first-order valence-electron chi connectivity index (χ1n) is 6.02. The van der Waals surface area contributed by atoms with Gasteiger partial charge in [0.2, 0.25) is 0 Å². The largest absolute Gasteiger partial charge is 0.396 e.